The number of benzene rings is 1. The second-order valence-corrected chi connectivity index (χ2v) is 9.07. The summed E-state index contributed by atoms with van der Waals surface area (Å²) >= 11 is 0. The molecule has 2 atom stereocenters. The van der Waals surface area contributed by atoms with Crippen molar-refractivity contribution in [2.45, 2.75) is 58.0 Å². The van der Waals surface area contributed by atoms with Crippen molar-refractivity contribution >= 4 is 11.8 Å². The molecular weight excluding hydrogens is 423 g/mol. The maximum Gasteiger partial charge on any atom is 0.279 e. The van der Waals surface area contributed by atoms with E-state index in [-0.39, 0.29) is 35.9 Å². The molecule has 2 fully saturated rings. The van der Waals surface area contributed by atoms with Crippen LogP contribution in [-0.2, 0) is 4.79 Å². The molecule has 9 heteroatoms. The Morgan fingerprint density at radius 3 is 2.59 bits per heavy atom. The molecule has 4 rings (SSSR count). The molecule has 0 radical (unpaired) electrons. The van der Waals surface area contributed by atoms with Gasteiger partial charge in [0, 0.05) is 18.2 Å². The summed E-state index contributed by atoms with van der Waals surface area (Å²) in [6, 6.07) is 1.82. The van der Waals surface area contributed by atoms with Crippen LogP contribution in [-0.4, -0.2) is 40.5 Å². The van der Waals surface area contributed by atoms with E-state index in [9.17, 15) is 18.4 Å². The molecule has 172 valence electrons. The minimum Gasteiger partial charge on any atom is -0.352 e. The molecule has 32 heavy (non-hydrogen) atoms. The van der Waals surface area contributed by atoms with Gasteiger partial charge < -0.3 is 14.7 Å². The molecular formula is C23H26F3N3O3. The summed E-state index contributed by atoms with van der Waals surface area (Å²) in [4.78, 5) is 27.6. The summed E-state index contributed by atoms with van der Waals surface area (Å²) in [7, 11) is 0. The fourth-order valence-electron chi connectivity index (χ4n) is 4.70. The number of piperazine rings is 1. The van der Waals surface area contributed by atoms with Crippen molar-refractivity contribution in [1.29, 1.82) is 0 Å². The largest absolute Gasteiger partial charge is 0.352 e. The molecule has 2 unspecified atom stereocenters. The van der Waals surface area contributed by atoms with Crippen LogP contribution in [0.5, 0.6) is 0 Å². The van der Waals surface area contributed by atoms with Crippen molar-refractivity contribution in [2.24, 2.45) is 11.8 Å². The summed E-state index contributed by atoms with van der Waals surface area (Å²) in [6.07, 6.45) is 4.52. The minimum absolute atomic E-state index is 0.0769. The normalized spacial score (nSPS) is 21.9. The minimum atomic E-state index is -1.17. The van der Waals surface area contributed by atoms with Gasteiger partial charge in [-0.3, -0.25) is 9.59 Å². The highest BCUT2D eigenvalue weighted by Gasteiger charge is 2.42. The number of nitrogens with zero attached hydrogens (tertiary/aromatic N) is 2. The quantitative estimate of drug-likeness (QED) is 0.738. The van der Waals surface area contributed by atoms with Gasteiger partial charge in [-0.25, -0.2) is 8.78 Å². The van der Waals surface area contributed by atoms with Crippen LogP contribution in [0.2, 0.25) is 0 Å². The molecule has 1 saturated carbocycles. The monoisotopic (exact) mass is 449 g/mol. The molecule has 2 aromatic rings. The van der Waals surface area contributed by atoms with E-state index in [1.165, 1.54) is 4.90 Å². The van der Waals surface area contributed by atoms with E-state index < -0.39 is 40.9 Å². The Labute approximate surface area is 184 Å². The maximum atomic E-state index is 15.1. The number of halogens is 3. The topological polar surface area (TPSA) is 75.4 Å². The first-order valence-electron chi connectivity index (χ1n) is 11.0. The van der Waals surface area contributed by atoms with Gasteiger partial charge in [-0.05, 0) is 49.3 Å². The molecule has 2 aliphatic rings. The fraction of sp³-hybridized carbons (Fsp3) is 0.522. The van der Waals surface area contributed by atoms with Crippen molar-refractivity contribution in [2.75, 3.05) is 6.54 Å². The standard InChI is InChI=1S/C23H26F3N3O3/c1-12(2)9-18-22(30)27-17(13-5-3-4-6-13)11-29(18)23(31)20-19(26)21(32-28-20)14-7-8-15(24)16(25)10-14/h7-8,10,12-13,17-18H,3-6,9,11H2,1-2H3,(H,27,30). The van der Waals surface area contributed by atoms with Crippen LogP contribution in [0, 0.1) is 29.3 Å². The SMILES string of the molecule is CC(C)CC1C(=O)NC(C2CCCC2)CN1C(=O)c1noc(-c2ccc(F)c(F)c2)c1F. The van der Waals surface area contributed by atoms with Crippen molar-refractivity contribution in [1.82, 2.24) is 15.4 Å². The lowest BCUT2D eigenvalue weighted by atomic mass is 9.91. The Balaban J connectivity index is 1.64. The number of hydrogen-bond acceptors (Lipinski definition) is 4. The first kappa shape index (κ1) is 22.4. The number of rotatable bonds is 5. The Kier molecular flexibility index (Phi) is 6.26. The third kappa shape index (κ3) is 4.25. The zero-order valence-electron chi connectivity index (χ0n) is 18.0. The molecule has 1 aliphatic carbocycles. The van der Waals surface area contributed by atoms with Gasteiger partial charge in [-0.15, -0.1) is 0 Å². The molecule has 1 saturated heterocycles. The Hall–Kier alpha value is -2.84. The van der Waals surface area contributed by atoms with Crippen LogP contribution in [0.4, 0.5) is 13.2 Å². The lowest BCUT2D eigenvalue weighted by Gasteiger charge is -2.41. The van der Waals surface area contributed by atoms with Crippen molar-refractivity contribution in [3.05, 3.63) is 41.3 Å². The second kappa shape index (κ2) is 8.96. The first-order valence-corrected chi connectivity index (χ1v) is 11.0. The molecule has 6 nitrogen and oxygen atoms in total. The molecule has 1 aromatic carbocycles. The van der Waals surface area contributed by atoms with Crippen LogP contribution in [0.1, 0.15) is 56.4 Å². The van der Waals surface area contributed by atoms with Gasteiger partial charge in [0.15, 0.2) is 11.6 Å². The molecule has 2 heterocycles. The molecule has 0 spiro atoms. The van der Waals surface area contributed by atoms with Gasteiger partial charge in [0.2, 0.25) is 23.2 Å². The van der Waals surface area contributed by atoms with Crippen molar-refractivity contribution in [3.8, 4) is 11.3 Å². The summed E-state index contributed by atoms with van der Waals surface area (Å²) in [5.41, 5.74) is -0.648. The van der Waals surface area contributed by atoms with E-state index in [0.29, 0.717) is 6.42 Å². The lowest BCUT2D eigenvalue weighted by Crippen LogP contribution is -2.63. The number of carbonyl (C=O) groups is 2. The van der Waals surface area contributed by atoms with Gasteiger partial charge >= 0.3 is 0 Å². The highest BCUT2D eigenvalue weighted by Crippen LogP contribution is 2.32. The zero-order valence-corrected chi connectivity index (χ0v) is 18.0. The van der Waals surface area contributed by atoms with Crippen LogP contribution in [0.15, 0.2) is 22.7 Å². The van der Waals surface area contributed by atoms with E-state index in [4.69, 9.17) is 4.52 Å². The van der Waals surface area contributed by atoms with Gasteiger partial charge in [0.1, 0.15) is 6.04 Å². The Morgan fingerprint density at radius 1 is 1.22 bits per heavy atom. The Bertz CT molecular complexity index is 1020. The second-order valence-electron chi connectivity index (χ2n) is 9.07. The smallest absolute Gasteiger partial charge is 0.279 e. The van der Waals surface area contributed by atoms with E-state index in [1.54, 1.807) is 0 Å². The molecule has 2 amide bonds. The Morgan fingerprint density at radius 2 is 1.94 bits per heavy atom. The average molecular weight is 449 g/mol. The zero-order chi connectivity index (χ0) is 23.0. The summed E-state index contributed by atoms with van der Waals surface area (Å²) in [5.74, 6) is -4.37. The average Bonchev–Trinajstić information content (AvgIpc) is 3.41. The predicted molar refractivity (Wildman–Crippen MR) is 110 cm³/mol. The van der Waals surface area contributed by atoms with Gasteiger partial charge in [-0.2, -0.15) is 4.39 Å². The van der Waals surface area contributed by atoms with E-state index in [0.717, 1.165) is 43.9 Å². The summed E-state index contributed by atoms with van der Waals surface area (Å²) in [5, 5.41) is 6.65. The number of nitrogens with one attached hydrogen (secondary N) is 1. The lowest BCUT2D eigenvalue weighted by molar-refractivity contribution is -0.130. The molecule has 1 aliphatic heterocycles. The molecule has 1 aromatic heterocycles. The number of amides is 2. The van der Waals surface area contributed by atoms with Gasteiger partial charge in [0.25, 0.3) is 5.91 Å². The number of carbonyl (C=O) groups excluding carboxylic acids is 2. The van der Waals surface area contributed by atoms with E-state index >= 15 is 4.39 Å². The number of hydrogen-bond donors (Lipinski definition) is 1. The van der Waals surface area contributed by atoms with E-state index in [1.807, 2.05) is 13.8 Å². The van der Waals surface area contributed by atoms with Crippen LogP contribution < -0.4 is 5.32 Å². The van der Waals surface area contributed by atoms with Crippen molar-refractivity contribution in [3.63, 3.8) is 0 Å². The highest BCUT2D eigenvalue weighted by molar-refractivity contribution is 5.97. The molecule has 0 bridgehead atoms. The predicted octanol–water partition coefficient (Wildman–Crippen LogP) is 4.30. The van der Waals surface area contributed by atoms with Crippen molar-refractivity contribution < 1.29 is 27.3 Å². The van der Waals surface area contributed by atoms with Crippen LogP contribution in [0.3, 0.4) is 0 Å². The van der Waals surface area contributed by atoms with Crippen LogP contribution in [0.25, 0.3) is 11.3 Å². The third-order valence-electron chi connectivity index (χ3n) is 6.34. The van der Waals surface area contributed by atoms with Crippen LogP contribution >= 0.6 is 0 Å². The fourth-order valence-corrected chi connectivity index (χ4v) is 4.70. The third-order valence-corrected chi connectivity index (χ3v) is 6.34. The maximum absolute atomic E-state index is 15.1. The highest BCUT2D eigenvalue weighted by atomic mass is 19.2. The molecule has 1 N–H and O–H groups in total. The summed E-state index contributed by atoms with van der Waals surface area (Å²) in [6.45, 7) is 4.15. The van der Waals surface area contributed by atoms with Gasteiger partial charge in [-0.1, -0.05) is 31.8 Å². The van der Waals surface area contributed by atoms with Gasteiger partial charge in [0.05, 0.1) is 0 Å². The van der Waals surface area contributed by atoms with E-state index in [2.05, 4.69) is 10.5 Å². The first-order chi connectivity index (χ1) is 15.3. The number of aromatic nitrogens is 1. The summed E-state index contributed by atoms with van der Waals surface area (Å²) < 4.78 is 46.9.